The maximum Gasteiger partial charge on any atom is 0.0641 e. The number of benzene rings is 7. The van der Waals surface area contributed by atoms with Crippen molar-refractivity contribution in [2.45, 2.75) is 19.3 Å². The van der Waals surface area contributed by atoms with E-state index in [-0.39, 0.29) is 5.41 Å². The van der Waals surface area contributed by atoms with Gasteiger partial charge >= 0.3 is 0 Å². The van der Waals surface area contributed by atoms with Gasteiger partial charge in [0.05, 0.1) is 22.1 Å². The summed E-state index contributed by atoms with van der Waals surface area (Å²) in [6.45, 7) is 4.73. The van der Waals surface area contributed by atoms with Crippen molar-refractivity contribution in [1.29, 1.82) is 0 Å². The van der Waals surface area contributed by atoms with E-state index in [1.165, 1.54) is 82.7 Å². The summed E-state index contributed by atoms with van der Waals surface area (Å²) in [6.07, 6.45) is 0. The van der Waals surface area contributed by atoms with Crippen LogP contribution >= 0.6 is 0 Å². The molecule has 0 spiro atoms. The van der Waals surface area contributed by atoms with E-state index in [1.54, 1.807) is 0 Å². The van der Waals surface area contributed by atoms with Crippen LogP contribution in [0.25, 0.3) is 77.2 Å². The van der Waals surface area contributed by atoms with Crippen LogP contribution in [0.3, 0.4) is 0 Å². The van der Waals surface area contributed by atoms with Crippen LogP contribution in [0, 0.1) is 0 Å². The van der Waals surface area contributed by atoms with Crippen molar-refractivity contribution in [3.05, 3.63) is 169 Å². The van der Waals surface area contributed by atoms with E-state index in [4.69, 9.17) is 0 Å². The average molecular weight is 601 g/mol. The summed E-state index contributed by atoms with van der Waals surface area (Å²) in [5.41, 5.74) is 15.1. The van der Waals surface area contributed by atoms with E-state index in [9.17, 15) is 0 Å². The molecule has 0 unspecified atom stereocenters. The fourth-order valence-electron chi connectivity index (χ4n) is 8.32. The summed E-state index contributed by atoms with van der Waals surface area (Å²) in [6, 6.07) is 58.0. The van der Waals surface area contributed by atoms with E-state index in [1.807, 2.05) is 0 Å². The minimum atomic E-state index is -0.0715. The van der Waals surface area contributed by atoms with Crippen molar-refractivity contribution >= 4 is 43.6 Å². The lowest BCUT2D eigenvalue weighted by atomic mass is 9.82. The van der Waals surface area contributed by atoms with Gasteiger partial charge in [0, 0.05) is 38.3 Å². The van der Waals surface area contributed by atoms with E-state index < -0.39 is 0 Å². The highest BCUT2D eigenvalue weighted by Crippen LogP contribution is 2.50. The molecule has 0 radical (unpaired) electrons. The molecule has 7 aromatic carbocycles. The third-order valence-corrected chi connectivity index (χ3v) is 10.5. The zero-order valence-corrected chi connectivity index (χ0v) is 26.4. The van der Waals surface area contributed by atoms with E-state index in [0.717, 1.165) is 5.69 Å². The molecule has 0 fully saturated rings. The zero-order valence-electron chi connectivity index (χ0n) is 26.4. The first-order chi connectivity index (χ1) is 23.1. The van der Waals surface area contributed by atoms with Crippen LogP contribution in [0.5, 0.6) is 0 Å². The Labute approximate surface area is 273 Å². The SMILES string of the molecule is CC1(C)c2ccccc2-c2ccc(-n3c4ccccc4c4ccc5c(c6ccccc6n5-c5ccc(-c6ccccc6)cc5)c43)cc21. The second-order valence-corrected chi connectivity index (χ2v) is 13.4. The molecular formula is C45H32N2. The fraction of sp³-hybridized carbons (Fsp3) is 0.0667. The summed E-state index contributed by atoms with van der Waals surface area (Å²) < 4.78 is 4.95. The number of rotatable bonds is 3. The van der Waals surface area contributed by atoms with Crippen LogP contribution in [0.4, 0.5) is 0 Å². The van der Waals surface area contributed by atoms with E-state index in [2.05, 4.69) is 181 Å². The lowest BCUT2D eigenvalue weighted by molar-refractivity contribution is 0.660. The van der Waals surface area contributed by atoms with Crippen molar-refractivity contribution in [3.8, 4) is 33.6 Å². The first kappa shape index (κ1) is 26.4. The number of para-hydroxylation sites is 2. The largest absolute Gasteiger partial charge is 0.309 e. The summed E-state index contributed by atoms with van der Waals surface area (Å²) in [7, 11) is 0. The molecule has 0 atom stereocenters. The van der Waals surface area contributed by atoms with Gasteiger partial charge in [0.2, 0.25) is 0 Å². The minimum Gasteiger partial charge on any atom is -0.309 e. The van der Waals surface area contributed by atoms with Crippen molar-refractivity contribution in [3.63, 3.8) is 0 Å². The molecule has 0 amide bonds. The third-order valence-electron chi connectivity index (χ3n) is 10.5. The fourth-order valence-corrected chi connectivity index (χ4v) is 8.32. The molecule has 0 N–H and O–H groups in total. The first-order valence-corrected chi connectivity index (χ1v) is 16.5. The molecule has 47 heavy (non-hydrogen) atoms. The molecule has 1 aliphatic rings. The van der Waals surface area contributed by atoms with Crippen LogP contribution in [0.15, 0.2) is 158 Å². The van der Waals surface area contributed by atoms with Gasteiger partial charge in [-0.25, -0.2) is 0 Å². The quantitative estimate of drug-likeness (QED) is 0.191. The standard InChI is InChI=1S/C45H32N2/c1-45(2)38-17-9-6-14-33(38)34-25-24-32(28-39(34)45)47-40-18-10-7-15-35(40)36-26-27-42-43(44(36)47)37-16-8-11-19-41(37)46(42)31-22-20-30(21-23-31)29-12-4-3-5-13-29/h3-28H,1-2H3. The van der Waals surface area contributed by atoms with Gasteiger partial charge in [-0.15, -0.1) is 0 Å². The van der Waals surface area contributed by atoms with Gasteiger partial charge < -0.3 is 9.13 Å². The lowest BCUT2D eigenvalue weighted by Crippen LogP contribution is -2.15. The highest BCUT2D eigenvalue weighted by atomic mass is 15.0. The van der Waals surface area contributed by atoms with Gasteiger partial charge in [-0.2, -0.15) is 0 Å². The van der Waals surface area contributed by atoms with E-state index >= 15 is 0 Å². The predicted molar refractivity (Wildman–Crippen MR) is 198 cm³/mol. The molecule has 1 aliphatic carbocycles. The van der Waals surface area contributed by atoms with Crippen LogP contribution in [-0.2, 0) is 5.41 Å². The minimum absolute atomic E-state index is 0.0715. The predicted octanol–water partition coefficient (Wildman–Crippen LogP) is 11.9. The second-order valence-electron chi connectivity index (χ2n) is 13.4. The van der Waals surface area contributed by atoms with Crippen LogP contribution in [0.2, 0.25) is 0 Å². The van der Waals surface area contributed by atoms with Gasteiger partial charge in [-0.1, -0.05) is 129 Å². The molecule has 2 heteroatoms. The Morgan fingerprint density at radius 3 is 1.83 bits per heavy atom. The third kappa shape index (κ3) is 3.61. The zero-order chi connectivity index (χ0) is 31.3. The Balaban J connectivity index is 1.27. The second kappa shape index (κ2) is 9.57. The highest BCUT2D eigenvalue weighted by Gasteiger charge is 2.35. The van der Waals surface area contributed by atoms with Crippen molar-refractivity contribution in [1.82, 2.24) is 9.13 Å². The average Bonchev–Trinajstić information content (AvgIpc) is 3.72. The number of hydrogen-bond donors (Lipinski definition) is 0. The van der Waals surface area contributed by atoms with Gasteiger partial charge in [0.25, 0.3) is 0 Å². The van der Waals surface area contributed by atoms with Gasteiger partial charge in [-0.05, 0) is 75.8 Å². The van der Waals surface area contributed by atoms with E-state index in [0.29, 0.717) is 0 Å². The normalized spacial score (nSPS) is 13.5. The summed E-state index contributed by atoms with van der Waals surface area (Å²) in [4.78, 5) is 0. The lowest BCUT2D eigenvalue weighted by Gasteiger charge is -2.22. The Morgan fingerprint density at radius 1 is 0.404 bits per heavy atom. The number of fused-ring (bicyclic) bond motifs is 10. The molecule has 0 bridgehead atoms. The van der Waals surface area contributed by atoms with Gasteiger partial charge in [0.1, 0.15) is 0 Å². The Bertz CT molecular complexity index is 2680. The highest BCUT2D eigenvalue weighted by molar-refractivity contribution is 6.26. The maximum absolute atomic E-state index is 2.52. The van der Waals surface area contributed by atoms with Gasteiger partial charge in [-0.3, -0.25) is 0 Å². The van der Waals surface area contributed by atoms with Crippen molar-refractivity contribution in [2.24, 2.45) is 0 Å². The Hall–Kier alpha value is -5.86. The van der Waals surface area contributed by atoms with Gasteiger partial charge in [0.15, 0.2) is 0 Å². The summed E-state index contributed by atoms with van der Waals surface area (Å²) in [5, 5.41) is 5.10. The summed E-state index contributed by atoms with van der Waals surface area (Å²) in [5.74, 6) is 0. The first-order valence-electron chi connectivity index (χ1n) is 16.5. The molecule has 10 rings (SSSR count). The number of nitrogens with zero attached hydrogens (tertiary/aromatic N) is 2. The summed E-state index contributed by atoms with van der Waals surface area (Å²) >= 11 is 0. The smallest absolute Gasteiger partial charge is 0.0641 e. The molecule has 222 valence electrons. The molecule has 2 heterocycles. The molecule has 2 aromatic heterocycles. The van der Waals surface area contributed by atoms with Crippen LogP contribution < -0.4 is 0 Å². The molecule has 2 nitrogen and oxygen atoms in total. The topological polar surface area (TPSA) is 9.86 Å². The monoisotopic (exact) mass is 600 g/mol. The number of hydrogen-bond acceptors (Lipinski definition) is 0. The molecule has 0 aliphatic heterocycles. The molecule has 0 saturated carbocycles. The van der Waals surface area contributed by atoms with Crippen LogP contribution in [0.1, 0.15) is 25.0 Å². The van der Waals surface area contributed by atoms with Crippen molar-refractivity contribution in [2.75, 3.05) is 0 Å². The number of aromatic nitrogens is 2. The van der Waals surface area contributed by atoms with Crippen molar-refractivity contribution < 1.29 is 0 Å². The molecular weight excluding hydrogens is 569 g/mol. The Kier molecular flexibility index (Phi) is 5.37. The molecule has 9 aromatic rings. The maximum atomic E-state index is 2.52. The Morgan fingerprint density at radius 2 is 1.02 bits per heavy atom. The molecule has 0 saturated heterocycles. The van der Waals surface area contributed by atoms with Crippen LogP contribution in [-0.4, -0.2) is 9.13 Å².